The van der Waals surface area contributed by atoms with Crippen molar-refractivity contribution in [2.24, 2.45) is 0 Å². The molecular weight excluding hydrogens is 178 g/mol. The van der Waals surface area contributed by atoms with Gasteiger partial charge in [0.25, 0.3) is 0 Å². The maximum atomic E-state index is 4.07. The summed E-state index contributed by atoms with van der Waals surface area (Å²) in [5.74, 6) is 0.909. The largest absolute Gasteiger partial charge is 0.306 e. The molecule has 0 aromatic carbocycles. The fraction of sp³-hybridized carbons (Fsp3) is 0.778. The maximum absolute atomic E-state index is 4.07. The highest BCUT2D eigenvalue weighted by Crippen LogP contribution is 2.14. The summed E-state index contributed by atoms with van der Waals surface area (Å²) in [7, 11) is 2.17. The number of aromatic amines is 1. The van der Waals surface area contributed by atoms with Crippen LogP contribution in [0.25, 0.3) is 0 Å². The molecule has 2 rings (SSSR count). The smallest absolute Gasteiger partial charge is 0.138 e. The molecule has 0 saturated carbocycles. The lowest BCUT2D eigenvalue weighted by Crippen LogP contribution is -2.31. The molecule has 1 fully saturated rings. The number of nitrogens with one attached hydrogen (secondary N) is 2. The summed E-state index contributed by atoms with van der Waals surface area (Å²) in [6, 6.07) is 1.27. The molecule has 1 aromatic heterocycles. The molecule has 78 valence electrons. The Morgan fingerprint density at radius 3 is 3.14 bits per heavy atom. The van der Waals surface area contributed by atoms with Crippen LogP contribution in [0.4, 0.5) is 0 Å². The third-order valence-corrected chi connectivity index (χ3v) is 2.91. The lowest BCUT2D eigenvalue weighted by Gasteiger charge is -2.12. The van der Waals surface area contributed by atoms with E-state index >= 15 is 0 Å². The highest BCUT2D eigenvalue weighted by Gasteiger charge is 2.25. The maximum Gasteiger partial charge on any atom is 0.138 e. The molecule has 1 aromatic rings. The summed E-state index contributed by atoms with van der Waals surface area (Å²) in [6.45, 7) is 4.16. The zero-order valence-electron chi connectivity index (χ0n) is 8.70. The second-order valence-corrected chi connectivity index (χ2v) is 4.03. The number of hydrogen-bond donors (Lipinski definition) is 2. The van der Waals surface area contributed by atoms with Crippen LogP contribution in [-0.4, -0.2) is 45.8 Å². The van der Waals surface area contributed by atoms with Gasteiger partial charge in [0.15, 0.2) is 0 Å². The first-order valence-corrected chi connectivity index (χ1v) is 5.03. The SMILES string of the molecule is CC1CC(NCc2ncn[nH]2)CN1C. The van der Waals surface area contributed by atoms with Crippen LogP contribution < -0.4 is 5.32 Å². The van der Waals surface area contributed by atoms with Crippen LogP contribution in [0.1, 0.15) is 19.2 Å². The predicted molar refractivity (Wildman–Crippen MR) is 53.7 cm³/mol. The van der Waals surface area contributed by atoms with Gasteiger partial charge in [-0.25, -0.2) is 4.98 Å². The summed E-state index contributed by atoms with van der Waals surface area (Å²) < 4.78 is 0. The summed E-state index contributed by atoms with van der Waals surface area (Å²) >= 11 is 0. The molecule has 5 heteroatoms. The predicted octanol–water partition coefficient (Wildman–Crippen LogP) is -0.0131. The second-order valence-electron chi connectivity index (χ2n) is 4.03. The van der Waals surface area contributed by atoms with E-state index < -0.39 is 0 Å². The van der Waals surface area contributed by atoms with Crippen molar-refractivity contribution in [2.45, 2.75) is 32.0 Å². The Balaban J connectivity index is 1.77. The molecule has 1 saturated heterocycles. The van der Waals surface area contributed by atoms with E-state index in [4.69, 9.17) is 0 Å². The van der Waals surface area contributed by atoms with Gasteiger partial charge < -0.3 is 10.2 Å². The molecule has 5 nitrogen and oxygen atoms in total. The minimum Gasteiger partial charge on any atom is -0.306 e. The molecule has 14 heavy (non-hydrogen) atoms. The van der Waals surface area contributed by atoms with Crippen molar-refractivity contribution >= 4 is 0 Å². The molecule has 2 unspecified atom stereocenters. The first-order valence-electron chi connectivity index (χ1n) is 5.03. The number of hydrogen-bond acceptors (Lipinski definition) is 4. The zero-order valence-corrected chi connectivity index (χ0v) is 8.70. The van der Waals surface area contributed by atoms with Crippen molar-refractivity contribution in [1.29, 1.82) is 0 Å². The van der Waals surface area contributed by atoms with Gasteiger partial charge in [-0.05, 0) is 20.4 Å². The molecule has 2 N–H and O–H groups in total. The number of likely N-dealkylation sites (tertiary alicyclic amines) is 1. The molecule has 0 amide bonds. The molecule has 0 radical (unpaired) electrons. The van der Waals surface area contributed by atoms with Crippen molar-refractivity contribution in [1.82, 2.24) is 25.4 Å². The highest BCUT2D eigenvalue weighted by atomic mass is 15.2. The van der Waals surface area contributed by atoms with Crippen molar-refractivity contribution < 1.29 is 0 Å². The van der Waals surface area contributed by atoms with Crippen LogP contribution in [0.2, 0.25) is 0 Å². The molecule has 2 heterocycles. The Kier molecular flexibility index (Phi) is 2.79. The normalized spacial score (nSPS) is 28.4. The highest BCUT2D eigenvalue weighted by molar-refractivity contribution is 4.87. The number of likely N-dealkylation sites (N-methyl/N-ethyl adjacent to an activating group) is 1. The van der Waals surface area contributed by atoms with Gasteiger partial charge in [-0.1, -0.05) is 0 Å². The number of aromatic nitrogens is 3. The zero-order chi connectivity index (χ0) is 9.97. The topological polar surface area (TPSA) is 56.8 Å². The van der Waals surface area contributed by atoms with Gasteiger partial charge in [0.2, 0.25) is 0 Å². The van der Waals surface area contributed by atoms with E-state index in [1.807, 2.05) is 0 Å². The lowest BCUT2D eigenvalue weighted by molar-refractivity contribution is 0.326. The molecule has 1 aliphatic heterocycles. The monoisotopic (exact) mass is 195 g/mol. The Bertz CT molecular complexity index is 261. The van der Waals surface area contributed by atoms with Crippen molar-refractivity contribution in [2.75, 3.05) is 13.6 Å². The van der Waals surface area contributed by atoms with Gasteiger partial charge >= 0.3 is 0 Å². The van der Waals surface area contributed by atoms with Crippen LogP contribution in [0.3, 0.4) is 0 Å². The average molecular weight is 195 g/mol. The Labute approximate surface area is 83.9 Å². The van der Waals surface area contributed by atoms with Crippen molar-refractivity contribution in [3.63, 3.8) is 0 Å². The van der Waals surface area contributed by atoms with Gasteiger partial charge in [0, 0.05) is 18.6 Å². The first-order chi connectivity index (χ1) is 6.75. The molecule has 0 aliphatic carbocycles. The Morgan fingerprint density at radius 1 is 1.71 bits per heavy atom. The van der Waals surface area contributed by atoms with E-state index in [2.05, 4.69) is 39.4 Å². The quantitative estimate of drug-likeness (QED) is 0.712. The van der Waals surface area contributed by atoms with E-state index in [9.17, 15) is 0 Å². The molecule has 0 bridgehead atoms. The van der Waals surface area contributed by atoms with E-state index in [-0.39, 0.29) is 0 Å². The Hall–Kier alpha value is -0.940. The second kappa shape index (κ2) is 4.06. The van der Waals surface area contributed by atoms with Crippen molar-refractivity contribution in [3.8, 4) is 0 Å². The first kappa shape index (κ1) is 9.61. The van der Waals surface area contributed by atoms with Crippen LogP contribution in [-0.2, 0) is 6.54 Å². The lowest BCUT2D eigenvalue weighted by atomic mass is 10.2. The van der Waals surface area contributed by atoms with Crippen LogP contribution in [0.15, 0.2) is 6.33 Å². The van der Waals surface area contributed by atoms with E-state index in [1.54, 1.807) is 6.33 Å². The minimum absolute atomic E-state index is 0.583. The van der Waals surface area contributed by atoms with Gasteiger partial charge in [-0.15, -0.1) is 0 Å². The third-order valence-electron chi connectivity index (χ3n) is 2.91. The molecule has 1 aliphatic rings. The van der Waals surface area contributed by atoms with Gasteiger partial charge in [-0.2, -0.15) is 5.10 Å². The average Bonchev–Trinajstić information content (AvgIpc) is 2.74. The minimum atomic E-state index is 0.583. The number of nitrogens with zero attached hydrogens (tertiary/aromatic N) is 3. The number of rotatable bonds is 3. The summed E-state index contributed by atoms with van der Waals surface area (Å²) in [4.78, 5) is 6.45. The third kappa shape index (κ3) is 2.10. The van der Waals surface area contributed by atoms with E-state index in [0.29, 0.717) is 12.1 Å². The fourth-order valence-corrected chi connectivity index (χ4v) is 1.90. The van der Waals surface area contributed by atoms with Gasteiger partial charge in [0.1, 0.15) is 12.2 Å². The summed E-state index contributed by atoms with van der Waals surface area (Å²) in [5, 5.41) is 10.1. The van der Waals surface area contributed by atoms with Crippen molar-refractivity contribution in [3.05, 3.63) is 12.2 Å². The molecule has 0 spiro atoms. The standard InChI is InChI=1S/C9H17N5/c1-7-3-8(5-14(7)2)10-4-9-11-6-12-13-9/h6-8,10H,3-5H2,1-2H3,(H,11,12,13). The van der Waals surface area contributed by atoms with E-state index in [0.717, 1.165) is 18.9 Å². The van der Waals surface area contributed by atoms with Crippen LogP contribution >= 0.6 is 0 Å². The molecular formula is C9H17N5. The van der Waals surface area contributed by atoms with Gasteiger partial charge in [0.05, 0.1) is 6.54 Å². The molecule has 2 atom stereocenters. The fourth-order valence-electron chi connectivity index (χ4n) is 1.90. The van der Waals surface area contributed by atoms with E-state index in [1.165, 1.54) is 6.42 Å². The summed E-state index contributed by atoms with van der Waals surface area (Å²) in [5.41, 5.74) is 0. The Morgan fingerprint density at radius 2 is 2.57 bits per heavy atom. The van der Waals surface area contributed by atoms with Crippen LogP contribution in [0, 0.1) is 0 Å². The van der Waals surface area contributed by atoms with Gasteiger partial charge in [-0.3, -0.25) is 5.10 Å². The van der Waals surface area contributed by atoms with Crippen LogP contribution in [0.5, 0.6) is 0 Å². The number of H-pyrrole nitrogens is 1. The summed E-state index contributed by atoms with van der Waals surface area (Å²) in [6.07, 6.45) is 2.76.